The Kier molecular flexibility index (Phi) is 2.76. The summed E-state index contributed by atoms with van der Waals surface area (Å²) in [7, 11) is 0. The molecule has 2 heterocycles. The molecule has 94 valence electrons. The molecule has 0 bridgehead atoms. The standard InChI is InChI=1S/C13H14FN3O/c14-10-3-1-2-8(6-10)11-12(16-17-13(11)15)9-4-5-18-7-9/h1-3,6,9H,4-5,7H2,(H3,15,16,17). The molecular formula is C13H14FN3O. The van der Waals surface area contributed by atoms with E-state index in [1.54, 1.807) is 6.07 Å². The van der Waals surface area contributed by atoms with Crippen LogP contribution in [0.2, 0.25) is 0 Å². The van der Waals surface area contributed by atoms with Gasteiger partial charge in [-0.1, -0.05) is 12.1 Å². The SMILES string of the molecule is Nc1n[nH]c(C2CCOC2)c1-c1cccc(F)c1. The number of hydrogen-bond acceptors (Lipinski definition) is 3. The molecule has 1 aromatic heterocycles. The second-order valence-corrected chi connectivity index (χ2v) is 4.47. The van der Waals surface area contributed by atoms with Gasteiger partial charge in [0.2, 0.25) is 0 Å². The summed E-state index contributed by atoms with van der Waals surface area (Å²) in [6, 6.07) is 6.40. The molecule has 5 heteroatoms. The topological polar surface area (TPSA) is 63.9 Å². The highest BCUT2D eigenvalue weighted by Crippen LogP contribution is 2.35. The minimum atomic E-state index is -0.276. The minimum Gasteiger partial charge on any atom is -0.382 e. The third-order valence-electron chi connectivity index (χ3n) is 3.27. The van der Waals surface area contributed by atoms with Crippen molar-refractivity contribution < 1.29 is 9.13 Å². The maximum atomic E-state index is 13.3. The summed E-state index contributed by atoms with van der Waals surface area (Å²) < 4.78 is 18.7. The van der Waals surface area contributed by atoms with Gasteiger partial charge in [-0.3, -0.25) is 5.10 Å². The van der Waals surface area contributed by atoms with E-state index < -0.39 is 0 Å². The lowest BCUT2D eigenvalue weighted by Crippen LogP contribution is -2.00. The van der Waals surface area contributed by atoms with Gasteiger partial charge in [0, 0.05) is 18.1 Å². The Balaban J connectivity index is 2.07. The molecule has 0 amide bonds. The van der Waals surface area contributed by atoms with Gasteiger partial charge in [-0.15, -0.1) is 0 Å². The minimum absolute atomic E-state index is 0.257. The van der Waals surface area contributed by atoms with Crippen LogP contribution in [0.5, 0.6) is 0 Å². The predicted octanol–water partition coefficient (Wildman–Crippen LogP) is 2.30. The number of halogens is 1. The van der Waals surface area contributed by atoms with Crippen molar-refractivity contribution in [3.63, 3.8) is 0 Å². The van der Waals surface area contributed by atoms with Crippen LogP contribution in [-0.4, -0.2) is 23.4 Å². The van der Waals surface area contributed by atoms with Crippen molar-refractivity contribution in [2.24, 2.45) is 0 Å². The van der Waals surface area contributed by atoms with E-state index in [4.69, 9.17) is 10.5 Å². The molecule has 1 aromatic carbocycles. The Morgan fingerprint density at radius 2 is 2.33 bits per heavy atom. The lowest BCUT2D eigenvalue weighted by atomic mass is 9.96. The summed E-state index contributed by atoms with van der Waals surface area (Å²) in [5.74, 6) is 0.386. The molecule has 2 aromatic rings. The van der Waals surface area contributed by atoms with Crippen molar-refractivity contribution in [2.45, 2.75) is 12.3 Å². The fraction of sp³-hybridized carbons (Fsp3) is 0.308. The van der Waals surface area contributed by atoms with Crippen LogP contribution in [0.3, 0.4) is 0 Å². The predicted molar refractivity (Wildman–Crippen MR) is 66.6 cm³/mol. The number of rotatable bonds is 2. The van der Waals surface area contributed by atoms with Crippen LogP contribution < -0.4 is 5.73 Å². The molecule has 18 heavy (non-hydrogen) atoms. The molecule has 1 fully saturated rings. The highest BCUT2D eigenvalue weighted by atomic mass is 19.1. The lowest BCUT2D eigenvalue weighted by molar-refractivity contribution is 0.193. The normalized spacial score (nSPS) is 19.3. The molecule has 0 radical (unpaired) electrons. The molecule has 0 saturated carbocycles. The number of ether oxygens (including phenoxy) is 1. The van der Waals surface area contributed by atoms with Crippen molar-refractivity contribution in [3.05, 3.63) is 35.8 Å². The van der Waals surface area contributed by atoms with Gasteiger partial charge in [0.25, 0.3) is 0 Å². The maximum Gasteiger partial charge on any atom is 0.153 e. The largest absolute Gasteiger partial charge is 0.382 e. The maximum absolute atomic E-state index is 13.3. The average molecular weight is 247 g/mol. The van der Waals surface area contributed by atoms with E-state index in [0.29, 0.717) is 12.4 Å². The highest BCUT2D eigenvalue weighted by Gasteiger charge is 2.25. The van der Waals surface area contributed by atoms with E-state index in [0.717, 1.165) is 29.8 Å². The van der Waals surface area contributed by atoms with E-state index in [9.17, 15) is 4.39 Å². The fourth-order valence-corrected chi connectivity index (χ4v) is 2.38. The number of nitrogens with one attached hydrogen (secondary N) is 1. The highest BCUT2D eigenvalue weighted by molar-refractivity contribution is 5.76. The Morgan fingerprint density at radius 1 is 1.44 bits per heavy atom. The first-order valence-electron chi connectivity index (χ1n) is 5.93. The zero-order valence-corrected chi connectivity index (χ0v) is 9.82. The summed E-state index contributed by atoms with van der Waals surface area (Å²) >= 11 is 0. The summed E-state index contributed by atoms with van der Waals surface area (Å²) in [5, 5.41) is 7.00. The van der Waals surface area contributed by atoms with Crippen molar-refractivity contribution in [1.29, 1.82) is 0 Å². The first-order chi connectivity index (χ1) is 8.75. The summed E-state index contributed by atoms with van der Waals surface area (Å²) in [4.78, 5) is 0. The number of aromatic nitrogens is 2. The molecule has 3 rings (SSSR count). The van der Waals surface area contributed by atoms with Gasteiger partial charge in [-0.25, -0.2) is 4.39 Å². The molecule has 1 aliphatic heterocycles. The van der Waals surface area contributed by atoms with E-state index in [2.05, 4.69) is 10.2 Å². The molecule has 1 saturated heterocycles. The summed E-state index contributed by atoms with van der Waals surface area (Å²) in [6.45, 7) is 1.40. The van der Waals surface area contributed by atoms with Crippen molar-refractivity contribution in [1.82, 2.24) is 10.2 Å². The monoisotopic (exact) mass is 247 g/mol. The van der Waals surface area contributed by atoms with E-state index >= 15 is 0 Å². The number of nitrogen functional groups attached to an aromatic ring is 1. The number of nitrogens with zero attached hydrogens (tertiary/aromatic N) is 1. The van der Waals surface area contributed by atoms with Crippen LogP contribution >= 0.6 is 0 Å². The number of anilines is 1. The van der Waals surface area contributed by atoms with Crippen LogP contribution in [0.25, 0.3) is 11.1 Å². The smallest absolute Gasteiger partial charge is 0.153 e. The molecule has 1 unspecified atom stereocenters. The Hall–Kier alpha value is -1.88. The summed E-state index contributed by atoms with van der Waals surface area (Å²) in [5.41, 5.74) is 8.38. The van der Waals surface area contributed by atoms with E-state index in [1.807, 2.05) is 6.07 Å². The van der Waals surface area contributed by atoms with Crippen molar-refractivity contribution in [2.75, 3.05) is 18.9 Å². The van der Waals surface area contributed by atoms with Crippen LogP contribution in [-0.2, 0) is 4.74 Å². The van der Waals surface area contributed by atoms with Crippen LogP contribution in [0.1, 0.15) is 18.0 Å². The van der Waals surface area contributed by atoms with E-state index in [-0.39, 0.29) is 11.7 Å². The van der Waals surface area contributed by atoms with Gasteiger partial charge in [-0.2, -0.15) is 5.10 Å². The first kappa shape index (κ1) is 11.2. The Labute approximate surface area is 104 Å². The van der Waals surface area contributed by atoms with Gasteiger partial charge in [0.1, 0.15) is 5.82 Å². The van der Waals surface area contributed by atoms with Gasteiger partial charge in [0.15, 0.2) is 5.82 Å². The Bertz CT molecular complexity index is 561. The number of hydrogen-bond donors (Lipinski definition) is 2. The zero-order chi connectivity index (χ0) is 12.5. The molecule has 3 N–H and O–H groups in total. The molecule has 1 atom stereocenters. The van der Waals surface area contributed by atoms with Crippen molar-refractivity contribution >= 4 is 5.82 Å². The second-order valence-electron chi connectivity index (χ2n) is 4.47. The van der Waals surface area contributed by atoms with Gasteiger partial charge < -0.3 is 10.5 Å². The molecule has 0 aliphatic carbocycles. The molecule has 4 nitrogen and oxygen atoms in total. The van der Waals surface area contributed by atoms with Crippen LogP contribution in [0, 0.1) is 5.82 Å². The average Bonchev–Trinajstić information content (AvgIpc) is 2.97. The third-order valence-corrected chi connectivity index (χ3v) is 3.27. The number of benzene rings is 1. The van der Waals surface area contributed by atoms with Crippen LogP contribution in [0.4, 0.5) is 10.2 Å². The second kappa shape index (κ2) is 4.42. The van der Waals surface area contributed by atoms with Gasteiger partial charge in [0.05, 0.1) is 12.3 Å². The zero-order valence-electron chi connectivity index (χ0n) is 9.82. The van der Waals surface area contributed by atoms with Gasteiger partial charge in [-0.05, 0) is 24.1 Å². The van der Waals surface area contributed by atoms with Gasteiger partial charge >= 0.3 is 0 Å². The Morgan fingerprint density at radius 3 is 3.06 bits per heavy atom. The molecule has 1 aliphatic rings. The molecular weight excluding hydrogens is 233 g/mol. The number of H-pyrrole nitrogens is 1. The molecule has 0 spiro atoms. The first-order valence-corrected chi connectivity index (χ1v) is 5.93. The lowest BCUT2D eigenvalue weighted by Gasteiger charge is -2.09. The van der Waals surface area contributed by atoms with E-state index in [1.165, 1.54) is 12.1 Å². The van der Waals surface area contributed by atoms with Crippen LogP contribution in [0.15, 0.2) is 24.3 Å². The number of nitrogens with two attached hydrogens (primary N) is 1. The quantitative estimate of drug-likeness (QED) is 0.855. The third kappa shape index (κ3) is 1.86. The van der Waals surface area contributed by atoms with Crippen molar-refractivity contribution in [3.8, 4) is 11.1 Å². The summed E-state index contributed by atoms with van der Waals surface area (Å²) in [6.07, 6.45) is 0.934. The fourth-order valence-electron chi connectivity index (χ4n) is 2.38. The number of aromatic amines is 1.